The zero-order valence-electron chi connectivity index (χ0n) is 16.4. The van der Waals surface area contributed by atoms with Crippen molar-refractivity contribution >= 4 is 28.7 Å². The Hall–Kier alpha value is -2.67. The smallest absolute Gasteiger partial charge is 0.182 e. The largest absolute Gasteiger partial charge is 0.380 e. The molecule has 1 aromatic heterocycles. The molecule has 0 spiro atoms. The maximum absolute atomic E-state index is 11.9. The summed E-state index contributed by atoms with van der Waals surface area (Å²) in [6, 6.07) is 10.7. The number of ketones is 1. The first-order valence-electron chi connectivity index (χ1n) is 10.2. The highest BCUT2D eigenvalue weighted by atomic mass is 16.1. The summed E-state index contributed by atoms with van der Waals surface area (Å²) in [6.07, 6.45) is 4.73. The number of hydrogen-bond acceptors (Lipinski definition) is 7. The molecule has 2 heterocycles. The predicted octanol–water partition coefficient (Wildman–Crippen LogP) is 3.19. The maximum Gasteiger partial charge on any atom is 0.182 e. The Kier molecular flexibility index (Phi) is 5.71. The lowest BCUT2D eigenvalue weighted by Gasteiger charge is -2.29. The van der Waals surface area contributed by atoms with E-state index in [9.17, 15) is 4.79 Å². The average Bonchev–Trinajstić information content (AvgIpc) is 3.22. The number of nitrogens with one attached hydrogen (secondary N) is 3. The molecule has 0 amide bonds. The monoisotopic (exact) mass is 380 g/mol. The molecule has 0 atom stereocenters. The molecule has 1 aromatic carbocycles. The quantitative estimate of drug-likeness (QED) is 0.664. The lowest BCUT2D eigenvalue weighted by Crippen LogP contribution is -2.43. The average molecular weight is 380 g/mol. The number of hydrogen-bond donors (Lipinski definition) is 3. The fourth-order valence-corrected chi connectivity index (χ4v) is 3.94. The van der Waals surface area contributed by atoms with Gasteiger partial charge in [-0.2, -0.15) is 0 Å². The van der Waals surface area contributed by atoms with E-state index >= 15 is 0 Å². The zero-order chi connectivity index (χ0) is 19.3. The van der Waals surface area contributed by atoms with Gasteiger partial charge in [0.1, 0.15) is 0 Å². The van der Waals surface area contributed by atoms with E-state index < -0.39 is 0 Å². The van der Waals surface area contributed by atoms with Gasteiger partial charge in [-0.3, -0.25) is 4.79 Å². The second-order valence-electron chi connectivity index (χ2n) is 7.58. The van der Waals surface area contributed by atoms with Crippen molar-refractivity contribution in [3.63, 3.8) is 0 Å². The highest BCUT2D eigenvalue weighted by Gasteiger charge is 2.19. The van der Waals surface area contributed by atoms with Gasteiger partial charge in [-0.15, -0.1) is 10.2 Å². The van der Waals surface area contributed by atoms with Gasteiger partial charge in [0.2, 0.25) is 0 Å². The van der Waals surface area contributed by atoms with Crippen LogP contribution in [0.25, 0.3) is 0 Å². The van der Waals surface area contributed by atoms with Crippen LogP contribution in [0.5, 0.6) is 0 Å². The number of carbonyl (C=O) groups excluding carboxylic acids is 1. The van der Waals surface area contributed by atoms with E-state index in [0.29, 0.717) is 17.6 Å². The van der Waals surface area contributed by atoms with Crippen LogP contribution in [0.1, 0.15) is 43.1 Å². The summed E-state index contributed by atoms with van der Waals surface area (Å²) in [5, 5.41) is 18.5. The van der Waals surface area contributed by atoms with Crippen molar-refractivity contribution in [3.05, 3.63) is 36.0 Å². The first-order chi connectivity index (χ1) is 13.7. The minimum absolute atomic E-state index is 0.0695. The number of aromatic nitrogens is 2. The molecule has 2 aromatic rings. The van der Waals surface area contributed by atoms with Crippen molar-refractivity contribution in [2.24, 2.45) is 0 Å². The van der Waals surface area contributed by atoms with Crippen LogP contribution in [0.2, 0.25) is 0 Å². The molecule has 1 saturated carbocycles. The molecule has 3 N–H and O–H groups in total. The summed E-state index contributed by atoms with van der Waals surface area (Å²) in [4.78, 5) is 14.3. The SMILES string of the molecule is CC(=O)c1nnc(Nc2ccc(N3CCNCC3)cc2)cc1NC1CCCC1. The van der Waals surface area contributed by atoms with Crippen molar-refractivity contribution in [3.8, 4) is 0 Å². The van der Waals surface area contributed by atoms with Gasteiger partial charge < -0.3 is 20.9 Å². The van der Waals surface area contributed by atoms with Crippen LogP contribution in [-0.2, 0) is 0 Å². The Labute approximate surface area is 165 Å². The van der Waals surface area contributed by atoms with Crippen LogP contribution in [-0.4, -0.2) is 48.2 Å². The van der Waals surface area contributed by atoms with E-state index in [0.717, 1.165) is 50.4 Å². The van der Waals surface area contributed by atoms with E-state index in [-0.39, 0.29) is 5.78 Å². The zero-order valence-corrected chi connectivity index (χ0v) is 16.4. The summed E-state index contributed by atoms with van der Waals surface area (Å²) < 4.78 is 0. The standard InChI is InChI=1S/C21H28N6O/c1-15(28)21-19(23-16-4-2-3-5-16)14-20(25-26-21)24-17-6-8-18(9-7-17)27-12-10-22-11-13-27/h6-9,14,16,22H,2-5,10-13H2,1H3,(H2,23,24,25). The van der Waals surface area contributed by atoms with E-state index in [1.54, 1.807) is 0 Å². The van der Waals surface area contributed by atoms with Gasteiger partial charge in [-0.25, -0.2) is 0 Å². The Morgan fingerprint density at radius 2 is 1.82 bits per heavy atom. The topological polar surface area (TPSA) is 82.2 Å². The summed E-state index contributed by atoms with van der Waals surface area (Å²) >= 11 is 0. The summed E-state index contributed by atoms with van der Waals surface area (Å²) in [7, 11) is 0. The third kappa shape index (κ3) is 4.42. The van der Waals surface area contributed by atoms with Crippen LogP contribution in [0.3, 0.4) is 0 Å². The molecule has 148 valence electrons. The molecule has 0 radical (unpaired) electrons. The first kappa shape index (κ1) is 18.7. The second-order valence-corrected chi connectivity index (χ2v) is 7.58. The Balaban J connectivity index is 1.48. The molecule has 0 unspecified atom stereocenters. The lowest BCUT2D eigenvalue weighted by atomic mass is 10.2. The van der Waals surface area contributed by atoms with Crippen LogP contribution in [0, 0.1) is 0 Å². The number of piperazine rings is 1. The van der Waals surface area contributed by atoms with Crippen molar-refractivity contribution in [2.75, 3.05) is 41.7 Å². The lowest BCUT2D eigenvalue weighted by molar-refractivity contribution is 0.101. The van der Waals surface area contributed by atoms with E-state index in [4.69, 9.17) is 0 Å². The minimum Gasteiger partial charge on any atom is -0.380 e. The minimum atomic E-state index is -0.0695. The number of carbonyl (C=O) groups is 1. The molecule has 4 rings (SSSR count). The van der Waals surface area contributed by atoms with Crippen molar-refractivity contribution in [2.45, 2.75) is 38.6 Å². The van der Waals surface area contributed by atoms with Crippen LogP contribution < -0.4 is 20.9 Å². The van der Waals surface area contributed by atoms with Gasteiger partial charge in [0.15, 0.2) is 17.3 Å². The van der Waals surface area contributed by atoms with Gasteiger partial charge in [-0.05, 0) is 37.1 Å². The van der Waals surface area contributed by atoms with Gasteiger partial charge in [0, 0.05) is 56.6 Å². The van der Waals surface area contributed by atoms with Crippen LogP contribution >= 0.6 is 0 Å². The van der Waals surface area contributed by atoms with Gasteiger partial charge in [-0.1, -0.05) is 12.8 Å². The molecule has 0 bridgehead atoms. The maximum atomic E-state index is 11.9. The van der Waals surface area contributed by atoms with Gasteiger partial charge in [0.05, 0.1) is 5.69 Å². The van der Waals surface area contributed by atoms with Crippen LogP contribution in [0.4, 0.5) is 22.9 Å². The van der Waals surface area contributed by atoms with Crippen molar-refractivity contribution < 1.29 is 4.79 Å². The Bertz CT molecular complexity index is 810. The summed E-state index contributed by atoms with van der Waals surface area (Å²) in [6.45, 7) is 5.64. The fraction of sp³-hybridized carbons (Fsp3) is 0.476. The number of anilines is 4. The third-order valence-corrected chi connectivity index (χ3v) is 5.46. The second kappa shape index (κ2) is 8.56. The number of rotatable bonds is 6. The third-order valence-electron chi connectivity index (χ3n) is 5.46. The molecule has 1 saturated heterocycles. The number of benzene rings is 1. The van der Waals surface area contributed by atoms with Gasteiger partial charge >= 0.3 is 0 Å². The van der Waals surface area contributed by atoms with E-state index in [1.165, 1.54) is 25.5 Å². The van der Waals surface area contributed by atoms with E-state index in [1.807, 2.05) is 6.07 Å². The number of Topliss-reactive ketones (excluding diaryl/α,β-unsaturated/α-hetero) is 1. The Morgan fingerprint density at radius 1 is 1.11 bits per heavy atom. The molecular formula is C21H28N6O. The normalized spacial score (nSPS) is 17.5. The molecule has 28 heavy (non-hydrogen) atoms. The Morgan fingerprint density at radius 3 is 2.50 bits per heavy atom. The first-order valence-corrected chi connectivity index (χ1v) is 10.2. The van der Waals surface area contributed by atoms with E-state index in [2.05, 4.69) is 55.3 Å². The van der Waals surface area contributed by atoms with Crippen molar-refractivity contribution in [1.82, 2.24) is 15.5 Å². The number of nitrogens with zero attached hydrogens (tertiary/aromatic N) is 3. The fourth-order valence-electron chi connectivity index (χ4n) is 3.94. The summed E-state index contributed by atoms with van der Waals surface area (Å²) in [5.41, 5.74) is 3.37. The van der Waals surface area contributed by atoms with Gasteiger partial charge in [0.25, 0.3) is 0 Å². The molecular weight excluding hydrogens is 352 g/mol. The molecule has 7 nitrogen and oxygen atoms in total. The highest BCUT2D eigenvalue weighted by Crippen LogP contribution is 2.27. The summed E-state index contributed by atoms with van der Waals surface area (Å²) in [5.74, 6) is 0.570. The van der Waals surface area contributed by atoms with Crippen molar-refractivity contribution in [1.29, 1.82) is 0 Å². The highest BCUT2D eigenvalue weighted by molar-refractivity contribution is 5.97. The predicted molar refractivity (Wildman–Crippen MR) is 113 cm³/mol. The molecule has 2 aliphatic rings. The van der Waals surface area contributed by atoms with Crippen LogP contribution in [0.15, 0.2) is 30.3 Å². The molecule has 1 aliphatic carbocycles. The molecule has 1 aliphatic heterocycles. The molecule has 2 fully saturated rings. The molecule has 7 heteroatoms.